The molecule has 0 atom stereocenters. The van der Waals surface area contributed by atoms with E-state index in [2.05, 4.69) is 4.90 Å². The number of carbonyl (C=O) groups is 1. The fraction of sp³-hybridized carbons (Fsp3) is 0.348. The lowest BCUT2D eigenvalue weighted by atomic mass is 9.99. The van der Waals surface area contributed by atoms with E-state index in [-0.39, 0.29) is 17.3 Å². The number of nitrogens with zero attached hydrogens (tertiary/aromatic N) is 1. The van der Waals surface area contributed by atoms with Crippen LogP contribution in [0.4, 0.5) is 0 Å². The van der Waals surface area contributed by atoms with Crippen LogP contribution in [0.25, 0.3) is 6.08 Å². The van der Waals surface area contributed by atoms with E-state index in [4.69, 9.17) is 9.47 Å². The molecule has 5 heteroatoms. The Hall–Kier alpha value is -2.79. The van der Waals surface area contributed by atoms with Crippen molar-refractivity contribution in [2.75, 3.05) is 19.7 Å². The number of allylic oxidation sites excluding steroid dienone is 1. The molecule has 28 heavy (non-hydrogen) atoms. The fourth-order valence-electron chi connectivity index (χ4n) is 3.88. The van der Waals surface area contributed by atoms with Crippen molar-refractivity contribution in [1.82, 2.24) is 4.90 Å². The number of rotatable bonds is 5. The molecule has 0 aromatic heterocycles. The Labute approximate surface area is 165 Å². The molecule has 0 saturated carbocycles. The van der Waals surface area contributed by atoms with Gasteiger partial charge in [-0.15, -0.1) is 0 Å². The van der Waals surface area contributed by atoms with Crippen LogP contribution >= 0.6 is 0 Å². The molecular formula is C23H25NO4. The van der Waals surface area contributed by atoms with Gasteiger partial charge in [0.05, 0.1) is 17.7 Å². The molecule has 0 bridgehead atoms. The van der Waals surface area contributed by atoms with Gasteiger partial charge >= 0.3 is 0 Å². The van der Waals surface area contributed by atoms with Gasteiger partial charge in [-0.1, -0.05) is 12.1 Å². The molecule has 2 aromatic rings. The van der Waals surface area contributed by atoms with Crippen LogP contribution in [0.2, 0.25) is 0 Å². The van der Waals surface area contributed by atoms with Gasteiger partial charge in [0, 0.05) is 6.54 Å². The topological polar surface area (TPSA) is 59.0 Å². The fourth-order valence-corrected chi connectivity index (χ4v) is 3.88. The van der Waals surface area contributed by atoms with Crippen molar-refractivity contribution in [2.45, 2.75) is 33.2 Å². The van der Waals surface area contributed by atoms with Gasteiger partial charge in [-0.05, 0) is 75.2 Å². The monoisotopic (exact) mass is 379 g/mol. The Kier molecular flexibility index (Phi) is 5.09. The second-order valence-electron chi connectivity index (χ2n) is 7.32. The molecule has 0 spiro atoms. The molecule has 1 saturated heterocycles. The summed E-state index contributed by atoms with van der Waals surface area (Å²) in [6.07, 6.45) is 4.07. The van der Waals surface area contributed by atoms with Crippen molar-refractivity contribution in [3.63, 3.8) is 0 Å². The summed E-state index contributed by atoms with van der Waals surface area (Å²) in [5.41, 5.74) is 2.86. The van der Waals surface area contributed by atoms with E-state index in [0.29, 0.717) is 30.0 Å². The summed E-state index contributed by atoms with van der Waals surface area (Å²) in [6.45, 7) is 6.99. The first-order chi connectivity index (χ1) is 13.6. The highest BCUT2D eigenvalue weighted by Gasteiger charge is 2.33. The van der Waals surface area contributed by atoms with Gasteiger partial charge in [0.2, 0.25) is 5.78 Å². The third-order valence-corrected chi connectivity index (χ3v) is 5.29. The van der Waals surface area contributed by atoms with E-state index in [0.717, 1.165) is 42.8 Å². The minimum absolute atomic E-state index is 0.135. The smallest absolute Gasteiger partial charge is 0.232 e. The number of ether oxygens (including phenoxy) is 2. The number of phenols is 1. The van der Waals surface area contributed by atoms with E-state index >= 15 is 0 Å². The molecule has 2 aliphatic heterocycles. The van der Waals surface area contributed by atoms with E-state index in [1.807, 2.05) is 38.1 Å². The number of hydrogen-bond donors (Lipinski definition) is 1. The van der Waals surface area contributed by atoms with Crippen LogP contribution < -0.4 is 9.47 Å². The Morgan fingerprint density at radius 1 is 1.21 bits per heavy atom. The number of carbonyl (C=O) groups excluding carboxylic acids is 1. The van der Waals surface area contributed by atoms with Crippen LogP contribution in [0.1, 0.15) is 46.8 Å². The van der Waals surface area contributed by atoms with Gasteiger partial charge in [-0.25, -0.2) is 0 Å². The lowest BCUT2D eigenvalue weighted by molar-refractivity contribution is 0.101. The first-order valence-corrected chi connectivity index (χ1v) is 9.81. The number of aryl methyl sites for hydroxylation is 1. The second-order valence-corrected chi connectivity index (χ2v) is 7.32. The van der Waals surface area contributed by atoms with Crippen LogP contribution in [0.3, 0.4) is 0 Å². The Morgan fingerprint density at radius 2 is 1.93 bits per heavy atom. The summed E-state index contributed by atoms with van der Waals surface area (Å²) in [7, 11) is 0. The molecule has 2 aliphatic rings. The first kappa shape index (κ1) is 18.6. The molecule has 0 radical (unpaired) electrons. The van der Waals surface area contributed by atoms with Crippen molar-refractivity contribution < 1.29 is 19.4 Å². The Morgan fingerprint density at radius 3 is 2.61 bits per heavy atom. The van der Waals surface area contributed by atoms with Crippen LogP contribution in [0.15, 0.2) is 36.1 Å². The summed E-state index contributed by atoms with van der Waals surface area (Å²) in [4.78, 5) is 15.3. The number of aromatic hydroxyl groups is 1. The number of Topliss-reactive ketones (excluding diaryl/α,β-unsaturated/α-hetero) is 1. The maximum atomic E-state index is 13.0. The Balaban J connectivity index is 1.65. The predicted octanol–water partition coefficient (Wildman–Crippen LogP) is 4.31. The van der Waals surface area contributed by atoms with E-state index in [1.54, 1.807) is 12.1 Å². The molecule has 0 aliphatic carbocycles. The van der Waals surface area contributed by atoms with Crippen LogP contribution in [0.5, 0.6) is 17.2 Å². The minimum atomic E-state index is -0.135. The van der Waals surface area contributed by atoms with Gasteiger partial charge in [0.1, 0.15) is 17.2 Å². The van der Waals surface area contributed by atoms with E-state index in [9.17, 15) is 9.90 Å². The molecular weight excluding hydrogens is 354 g/mol. The standard InChI is InChI=1S/C23H25NO4/c1-3-27-17-8-6-16(7-9-17)13-20-22(26)21-15(2)12-19(25)18(23(21)28-20)14-24-10-4-5-11-24/h6-9,12-13,25H,3-5,10-11,14H2,1-2H3/b20-13-. The maximum Gasteiger partial charge on any atom is 0.232 e. The maximum absolute atomic E-state index is 13.0. The zero-order valence-corrected chi connectivity index (χ0v) is 16.3. The van der Waals surface area contributed by atoms with Gasteiger partial charge in [0.25, 0.3) is 0 Å². The highest BCUT2D eigenvalue weighted by atomic mass is 16.5. The predicted molar refractivity (Wildman–Crippen MR) is 108 cm³/mol. The molecule has 2 heterocycles. The number of benzene rings is 2. The number of hydrogen-bond acceptors (Lipinski definition) is 5. The number of fused-ring (bicyclic) bond motifs is 1. The number of ketones is 1. The first-order valence-electron chi connectivity index (χ1n) is 9.81. The van der Waals surface area contributed by atoms with Crippen LogP contribution in [-0.2, 0) is 6.54 Å². The summed E-state index contributed by atoms with van der Waals surface area (Å²) in [5, 5.41) is 10.5. The van der Waals surface area contributed by atoms with E-state index in [1.165, 1.54) is 0 Å². The molecule has 0 unspecified atom stereocenters. The van der Waals surface area contributed by atoms with Gasteiger partial charge in [0.15, 0.2) is 5.76 Å². The highest BCUT2D eigenvalue weighted by Crippen LogP contribution is 2.42. The average molecular weight is 379 g/mol. The van der Waals surface area contributed by atoms with Crippen molar-refractivity contribution >= 4 is 11.9 Å². The molecule has 4 rings (SSSR count). The SMILES string of the molecule is CCOc1ccc(/C=C2\Oc3c(CN4CCCC4)c(O)cc(C)c3C2=O)cc1. The van der Waals surface area contributed by atoms with Crippen molar-refractivity contribution in [3.8, 4) is 17.2 Å². The third-order valence-electron chi connectivity index (χ3n) is 5.29. The number of likely N-dealkylation sites (tertiary alicyclic amines) is 1. The zero-order chi connectivity index (χ0) is 19.7. The summed E-state index contributed by atoms with van der Waals surface area (Å²) >= 11 is 0. The minimum Gasteiger partial charge on any atom is -0.507 e. The molecule has 2 aromatic carbocycles. The Bertz CT molecular complexity index is 925. The zero-order valence-electron chi connectivity index (χ0n) is 16.3. The lowest BCUT2D eigenvalue weighted by Crippen LogP contribution is -2.19. The van der Waals surface area contributed by atoms with Gasteiger partial charge < -0.3 is 14.6 Å². The van der Waals surface area contributed by atoms with Crippen molar-refractivity contribution in [1.29, 1.82) is 0 Å². The highest BCUT2D eigenvalue weighted by molar-refractivity contribution is 6.15. The van der Waals surface area contributed by atoms with Gasteiger partial charge in [-0.2, -0.15) is 0 Å². The average Bonchev–Trinajstić information content (AvgIpc) is 3.29. The summed E-state index contributed by atoms with van der Waals surface area (Å²) < 4.78 is 11.5. The molecule has 5 nitrogen and oxygen atoms in total. The summed E-state index contributed by atoms with van der Waals surface area (Å²) in [6, 6.07) is 9.21. The normalized spacial score (nSPS) is 17.8. The van der Waals surface area contributed by atoms with Crippen LogP contribution in [-0.4, -0.2) is 35.5 Å². The van der Waals surface area contributed by atoms with Crippen molar-refractivity contribution in [3.05, 3.63) is 58.3 Å². The van der Waals surface area contributed by atoms with Gasteiger partial charge in [-0.3, -0.25) is 9.69 Å². The lowest BCUT2D eigenvalue weighted by Gasteiger charge is -2.18. The summed E-state index contributed by atoms with van der Waals surface area (Å²) in [5.74, 6) is 1.64. The third kappa shape index (κ3) is 3.50. The largest absolute Gasteiger partial charge is 0.507 e. The molecule has 0 amide bonds. The molecule has 1 N–H and O–H groups in total. The van der Waals surface area contributed by atoms with Crippen molar-refractivity contribution in [2.24, 2.45) is 0 Å². The number of phenolic OH excluding ortho intramolecular Hbond substituents is 1. The molecule has 1 fully saturated rings. The second kappa shape index (κ2) is 7.68. The van der Waals surface area contributed by atoms with Crippen LogP contribution in [0, 0.1) is 6.92 Å². The molecule has 146 valence electrons. The van der Waals surface area contributed by atoms with E-state index < -0.39 is 0 Å². The quantitative estimate of drug-likeness (QED) is 0.785.